The number of ether oxygens (including phenoxy) is 2. The lowest BCUT2D eigenvalue weighted by Gasteiger charge is -2.63. The summed E-state index contributed by atoms with van der Waals surface area (Å²) in [6.45, 7) is 6.83. The minimum absolute atomic E-state index is 0.0366. The van der Waals surface area contributed by atoms with Gasteiger partial charge >= 0.3 is 11.9 Å². The zero-order valence-corrected chi connectivity index (χ0v) is 23.4. The van der Waals surface area contributed by atoms with E-state index in [-0.39, 0.29) is 64.4 Å². The van der Waals surface area contributed by atoms with Crippen molar-refractivity contribution in [1.29, 1.82) is 0 Å². The van der Waals surface area contributed by atoms with Gasteiger partial charge in [0.2, 0.25) is 0 Å². The molecule has 4 saturated carbocycles. The predicted molar refractivity (Wildman–Crippen MR) is 143 cm³/mol. The first-order valence-corrected chi connectivity index (χ1v) is 14.6. The first kappa shape index (κ1) is 27.4. The van der Waals surface area contributed by atoms with Crippen LogP contribution in [0.4, 0.5) is 0 Å². The van der Waals surface area contributed by atoms with Gasteiger partial charge in [-0.3, -0.25) is 9.59 Å². The molecule has 0 aromatic heterocycles. The number of carbonyl (C=O) groups excluding carboxylic acids is 3. The van der Waals surface area contributed by atoms with Crippen LogP contribution in [-0.2, 0) is 19.1 Å². The van der Waals surface area contributed by atoms with Crippen molar-refractivity contribution in [2.75, 3.05) is 7.11 Å². The number of fused-ring (bicyclic) bond motifs is 5. The Morgan fingerprint density at radius 3 is 2.55 bits per heavy atom. The summed E-state index contributed by atoms with van der Waals surface area (Å²) in [7, 11) is 1.43. The van der Waals surface area contributed by atoms with Gasteiger partial charge in [-0.15, -0.1) is 0 Å². The monoisotopic (exact) mass is 524 g/mol. The van der Waals surface area contributed by atoms with Crippen molar-refractivity contribution in [1.82, 2.24) is 0 Å². The van der Waals surface area contributed by atoms with Crippen molar-refractivity contribution in [2.45, 2.75) is 90.8 Å². The fraction of sp³-hybridized carbons (Fsp3) is 0.719. The molecule has 208 valence electrons. The third kappa shape index (κ3) is 4.51. The van der Waals surface area contributed by atoms with Crippen LogP contribution in [0.5, 0.6) is 0 Å². The summed E-state index contributed by atoms with van der Waals surface area (Å²) in [6.07, 6.45) is 5.80. The number of aliphatic hydroxyl groups excluding tert-OH is 1. The number of ketones is 1. The molecular formula is C32H44O6. The molecule has 38 heavy (non-hydrogen) atoms. The van der Waals surface area contributed by atoms with Crippen molar-refractivity contribution in [3.8, 4) is 0 Å². The summed E-state index contributed by atoms with van der Waals surface area (Å²) in [5.41, 5.74) is 0.222. The average molecular weight is 525 g/mol. The maximum Gasteiger partial charge on any atom is 0.338 e. The highest BCUT2D eigenvalue weighted by molar-refractivity contribution is 5.89. The maximum absolute atomic E-state index is 13.4. The molecule has 0 saturated heterocycles. The van der Waals surface area contributed by atoms with Gasteiger partial charge in [-0.1, -0.05) is 39.0 Å². The number of esters is 2. The molecule has 0 bridgehead atoms. The van der Waals surface area contributed by atoms with E-state index in [2.05, 4.69) is 20.8 Å². The van der Waals surface area contributed by atoms with Gasteiger partial charge < -0.3 is 14.6 Å². The number of rotatable bonds is 6. The largest absolute Gasteiger partial charge is 0.469 e. The summed E-state index contributed by atoms with van der Waals surface area (Å²) in [4.78, 5) is 37.8. The lowest BCUT2D eigenvalue weighted by Crippen LogP contribution is -2.62. The summed E-state index contributed by atoms with van der Waals surface area (Å²) >= 11 is 0. The van der Waals surface area contributed by atoms with Crippen LogP contribution >= 0.6 is 0 Å². The molecule has 0 amide bonds. The zero-order chi connectivity index (χ0) is 27.2. The third-order valence-electron chi connectivity index (χ3n) is 11.6. The molecule has 0 heterocycles. The van der Waals surface area contributed by atoms with E-state index in [1.807, 2.05) is 18.2 Å². The minimum atomic E-state index is -0.441. The highest BCUT2D eigenvalue weighted by Gasteiger charge is 2.66. The van der Waals surface area contributed by atoms with E-state index < -0.39 is 6.10 Å². The number of Topliss-reactive ketones (excluding diaryl/α,β-unsaturated/α-hetero) is 1. The molecule has 5 rings (SSSR count). The highest BCUT2D eigenvalue weighted by atomic mass is 16.5. The van der Waals surface area contributed by atoms with Crippen molar-refractivity contribution in [3.63, 3.8) is 0 Å². The number of methoxy groups -OCH3 is 1. The second-order valence-corrected chi connectivity index (χ2v) is 13.2. The SMILES string of the molecule is COC(=O)CCC(C)C1CCC2C3C(C[C@H](OC(=O)c4ccccc4)[C@]12C)[C@@]1(C)CCC(=O)C[C@H]1C[C@H]3O. The fourth-order valence-electron chi connectivity index (χ4n) is 9.51. The van der Waals surface area contributed by atoms with E-state index in [1.54, 1.807) is 12.1 Å². The molecule has 4 fully saturated rings. The molecule has 0 aliphatic heterocycles. The summed E-state index contributed by atoms with van der Waals surface area (Å²) in [6, 6.07) is 9.20. The average Bonchev–Trinajstić information content (AvgIpc) is 3.27. The Bertz CT molecular complexity index is 1050. The molecule has 1 aromatic carbocycles. The van der Waals surface area contributed by atoms with Crippen LogP contribution < -0.4 is 0 Å². The molecule has 10 atom stereocenters. The Hall–Kier alpha value is -2.21. The quantitative estimate of drug-likeness (QED) is 0.487. The van der Waals surface area contributed by atoms with Gasteiger partial charge in [-0.2, -0.15) is 0 Å². The lowest BCUT2D eigenvalue weighted by molar-refractivity contribution is -0.201. The van der Waals surface area contributed by atoms with E-state index in [0.717, 1.165) is 25.7 Å². The number of aliphatic hydroxyl groups is 1. The third-order valence-corrected chi connectivity index (χ3v) is 11.6. The Morgan fingerprint density at radius 2 is 1.84 bits per heavy atom. The number of hydrogen-bond donors (Lipinski definition) is 1. The highest BCUT2D eigenvalue weighted by Crippen LogP contribution is 2.68. The second-order valence-electron chi connectivity index (χ2n) is 13.2. The molecule has 6 heteroatoms. The fourth-order valence-corrected chi connectivity index (χ4v) is 9.51. The summed E-state index contributed by atoms with van der Waals surface area (Å²) in [5, 5.41) is 11.6. The van der Waals surface area contributed by atoms with Gasteiger partial charge in [0.25, 0.3) is 0 Å². The van der Waals surface area contributed by atoms with Gasteiger partial charge in [-0.05, 0) is 91.6 Å². The van der Waals surface area contributed by atoms with Crippen molar-refractivity contribution in [3.05, 3.63) is 35.9 Å². The lowest BCUT2D eigenvalue weighted by atomic mass is 9.43. The number of carbonyl (C=O) groups is 3. The Balaban J connectivity index is 1.50. The van der Waals surface area contributed by atoms with Gasteiger partial charge in [0.1, 0.15) is 11.9 Å². The molecule has 0 spiro atoms. The second kappa shape index (κ2) is 10.4. The smallest absolute Gasteiger partial charge is 0.338 e. The maximum atomic E-state index is 13.4. The van der Waals surface area contributed by atoms with E-state index in [0.29, 0.717) is 43.5 Å². The first-order valence-electron chi connectivity index (χ1n) is 14.6. The Morgan fingerprint density at radius 1 is 1.11 bits per heavy atom. The zero-order valence-electron chi connectivity index (χ0n) is 23.4. The molecule has 4 aliphatic carbocycles. The Labute approximate surface area is 226 Å². The molecule has 0 radical (unpaired) electrons. The van der Waals surface area contributed by atoms with Gasteiger partial charge in [0.05, 0.1) is 18.8 Å². The van der Waals surface area contributed by atoms with Crippen LogP contribution in [0.1, 0.15) is 88.9 Å². The molecule has 6 nitrogen and oxygen atoms in total. The molecule has 5 unspecified atom stereocenters. The summed E-state index contributed by atoms with van der Waals surface area (Å²) < 4.78 is 11.4. The van der Waals surface area contributed by atoms with E-state index in [4.69, 9.17) is 9.47 Å². The molecular weight excluding hydrogens is 480 g/mol. The van der Waals surface area contributed by atoms with Gasteiger partial charge in [-0.25, -0.2) is 4.79 Å². The van der Waals surface area contributed by atoms with Crippen LogP contribution in [0.15, 0.2) is 30.3 Å². The van der Waals surface area contributed by atoms with E-state index in [1.165, 1.54) is 7.11 Å². The molecule has 1 aromatic rings. The Kier molecular flexibility index (Phi) is 7.49. The van der Waals surface area contributed by atoms with Gasteiger partial charge in [0.15, 0.2) is 0 Å². The first-order chi connectivity index (χ1) is 18.1. The predicted octanol–water partition coefficient (Wildman–Crippen LogP) is 5.61. The normalized spacial score (nSPS) is 40.9. The molecule has 1 N–H and O–H groups in total. The van der Waals surface area contributed by atoms with Crippen LogP contribution in [0.2, 0.25) is 0 Å². The number of hydrogen-bond acceptors (Lipinski definition) is 6. The molecule has 4 aliphatic rings. The topological polar surface area (TPSA) is 89.9 Å². The van der Waals surface area contributed by atoms with Crippen molar-refractivity contribution >= 4 is 17.7 Å². The minimum Gasteiger partial charge on any atom is -0.469 e. The van der Waals surface area contributed by atoms with E-state index in [9.17, 15) is 19.5 Å². The van der Waals surface area contributed by atoms with Crippen LogP contribution in [-0.4, -0.2) is 42.1 Å². The van der Waals surface area contributed by atoms with Crippen molar-refractivity contribution < 1.29 is 29.0 Å². The van der Waals surface area contributed by atoms with Gasteiger partial charge in [0, 0.05) is 24.7 Å². The van der Waals surface area contributed by atoms with Crippen LogP contribution in [0.25, 0.3) is 0 Å². The van der Waals surface area contributed by atoms with Crippen LogP contribution in [0.3, 0.4) is 0 Å². The summed E-state index contributed by atoms with van der Waals surface area (Å²) in [5.74, 6) is 1.12. The van der Waals surface area contributed by atoms with Crippen molar-refractivity contribution in [2.24, 2.45) is 46.3 Å². The van der Waals surface area contributed by atoms with E-state index >= 15 is 0 Å². The van der Waals surface area contributed by atoms with Crippen LogP contribution in [0, 0.1) is 46.3 Å². The number of benzene rings is 1. The standard InChI is InChI=1S/C32H44O6/c1-19(10-13-28(35)37-4)23-11-12-24-29-25(31(2)15-14-22(33)16-21(31)17-26(29)34)18-27(32(23,24)3)38-30(36)20-8-6-5-7-9-20/h5-9,19,21,23-27,29,34H,10-18H2,1-4H3/t19?,21-,23?,24?,25?,26+,27-,29?,31-,32+/m0/s1.